The second kappa shape index (κ2) is 7.76. The van der Waals surface area contributed by atoms with E-state index in [2.05, 4.69) is 0 Å². The maximum absolute atomic E-state index is 8.63. The molecule has 40 valence electrons. The molecule has 0 heterocycles. The van der Waals surface area contributed by atoms with Crippen molar-refractivity contribution in [2.75, 3.05) is 0 Å². The van der Waals surface area contributed by atoms with Gasteiger partial charge in [-0.3, -0.25) is 0 Å². The van der Waals surface area contributed by atoms with Crippen molar-refractivity contribution < 1.29 is 5.11 Å². The molecule has 1 rings (SSSR count). The van der Waals surface area contributed by atoms with Crippen LogP contribution in [0.1, 0.15) is 0 Å². The van der Waals surface area contributed by atoms with Crippen molar-refractivity contribution in [1.82, 2.24) is 0 Å². The van der Waals surface area contributed by atoms with Crippen molar-refractivity contribution in [3.8, 4) is 5.75 Å². The summed E-state index contributed by atoms with van der Waals surface area (Å²) in [7, 11) is 0. The van der Waals surface area contributed by atoms with Crippen molar-refractivity contribution in [2.45, 2.75) is 0 Å². The van der Waals surface area contributed by atoms with E-state index in [-0.39, 0.29) is 80.9 Å². The van der Waals surface area contributed by atoms with E-state index in [0.717, 1.165) is 0 Å². The van der Waals surface area contributed by atoms with Gasteiger partial charge in [-0.25, -0.2) is 0 Å². The molecule has 0 saturated carbocycles. The van der Waals surface area contributed by atoms with Gasteiger partial charge in [0.25, 0.3) is 0 Å². The third-order valence-corrected chi connectivity index (χ3v) is 0.756. The maximum atomic E-state index is 8.63. The Morgan fingerprint density at radius 1 is 1.00 bits per heavy atom. The minimum absolute atomic E-state index is 0. The fraction of sp³-hybridized carbons (Fsp3) is 0. The fourth-order valence-electron chi connectivity index (χ4n) is 0.428. The predicted octanol–water partition coefficient (Wildman–Crippen LogP) is 0.0952. The van der Waals surface area contributed by atoms with Gasteiger partial charge in [-0.15, -0.1) is 0 Å². The zero-order chi connectivity index (χ0) is 5.11. The number of benzene rings is 1. The summed E-state index contributed by atoms with van der Waals surface area (Å²) in [4.78, 5) is 0. The van der Waals surface area contributed by atoms with Crippen LogP contribution in [0, 0.1) is 0 Å². The molecule has 0 bridgehead atoms. The van der Waals surface area contributed by atoms with Crippen LogP contribution in [0.15, 0.2) is 30.3 Å². The third-order valence-electron chi connectivity index (χ3n) is 0.756. The first-order valence-electron chi connectivity index (χ1n) is 2.13. The molecule has 0 saturated heterocycles. The molecule has 0 radical (unpaired) electrons. The summed E-state index contributed by atoms with van der Waals surface area (Å²) in [6.45, 7) is 0. The zero-order valence-corrected chi connectivity index (χ0v) is 3.83. The molecule has 1 aromatic rings. The molecule has 1 aromatic carbocycles. The Hall–Kier alpha value is 1.66. The Morgan fingerprint density at radius 3 is 1.67 bits per heavy atom. The van der Waals surface area contributed by atoms with Crippen LogP contribution in [0.25, 0.3) is 0 Å². The molecule has 0 amide bonds. The number of para-hydroxylation sites is 1. The van der Waals surface area contributed by atoms with Crippen LogP contribution in [0.3, 0.4) is 0 Å². The first kappa shape index (κ1) is 13.3. The second-order valence-corrected chi connectivity index (χ2v) is 1.34. The average molecular weight is 158 g/mol. The van der Waals surface area contributed by atoms with Gasteiger partial charge in [0.15, 0.2) is 0 Å². The third kappa shape index (κ3) is 6.07. The van der Waals surface area contributed by atoms with E-state index < -0.39 is 0 Å². The molecular formula is C6H8KNaO. The van der Waals surface area contributed by atoms with Crippen molar-refractivity contribution in [1.29, 1.82) is 0 Å². The van der Waals surface area contributed by atoms with Gasteiger partial charge in [0, 0.05) is 0 Å². The average Bonchev–Trinajstić information content (AvgIpc) is 1.69. The molecule has 0 aliphatic heterocycles. The Balaban J connectivity index is 0. The van der Waals surface area contributed by atoms with Gasteiger partial charge in [-0.2, -0.15) is 0 Å². The van der Waals surface area contributed by atoms with Crippen LogP contribution in [0.5, 0.6) is 5.75 Å². The van der Waals surface area contributed by atoms with Crippen molar-refractivity contribution in [3.63, 3.8) is 0 Å². The monoisotopic (exact) mass is 158 g/mol. The SMILES string of the molecule is Oc1ccccc1.[KH].[NaH]. The normalized spacial score (nSPS) is 6.67. The Morgan fingerprint density at radius 2 is 1.44 bits per heavy atom. The summed E-state index contributed by atoms with van der Waals surface area (Å²) >= 11 is 0. The summed E-state index contributed by atoms with van der Waals surface area (Å²) in [5.74, 6) is 0.322. The molecule has 1 nitrogen and oxygen atoms in total. The van der Waals surface area contributed by atoms with E-state index in [1.54, 1.807) is 24.3 Å². The van der Waals surface area contributed by atoms with Gasteiger partial charge >= 0.3 is 80.9 Å². The van der Waals surface area contributed by atoms with Gasteiger partial charge in [0.1, 0.15) is 5.75 Å². The second-order valence-electron chi connectivity index (χ2n) is 1.34. The van der Waals surface area contributed by atoms with E-state index in [1.807, 2.05) is 6.07 Å². The molecule has 3 heteroatoms. The van der Waals surface area contributed by atoms with E-state index in [0.29, 0.717) is 5.75 Å². The first-order chi connectivity index (χ1) is 3.39. The van der Waals surface area contributed by atoms with Crippen LogP contribution in [0.2, 0.25) is 0 Å². The van der Waals surface area contributed by atoms with Gasteiger partial charge in [-0.1, -0.05) is 18.2 Å². The van der Waals surface area contributed by atoms with E-state index in [1.165, 1.54) is 0 Å². The summed E-state index contributed by atoms with van der Waals surface area (Å²) in [6.07, 6.45) is 0. The van der Waals surface area contributed by atoms with Crippen LogP contribution in [0.4, 0.5) is 0 Å². The molecule has 1 N–H and O–H groups in total. The Bertz CT molecular complexity index is 143. The van der Waals surface area contributed by atoms with Crippen molar-refractivity contribution in [3.05, 3.63) is 30.3 Å². The van der Waals surface area contributed by atoms with Crippen molar-refractivity contribution >= 4 is 80.9 Å². The van der Waals surface area contributed by atoms with E-state index in [4.69, 9.17) is 5.11 Å². The molecular weight excluding hydrogens is 150 g/mol. The van der Waals surface area contributed by atoms with Gasteiger partial charge in [0.2, 0.25) is 0 Å². The first-order valence-corrected chi connectivity index (χ1v) is 2.13. The minimum atomic E-state index is 0. The van der Waals surface area contributed by atoms with Crippen LogP contribution < -0.4 is 0 Å². The van der Waals surface area contributed by atoms with Gasteiger partial charge in [-0.05, 0) is 12.1 Å². The number of phenols is 1. The van der Waals surface area contributed by atoms with Crippen LogP contribution >= 0.6 is 0 Å². The molecule has 0 atom stereocenters. The molecule has 0 unspecified atom stereocenters. The number of aromatic hydroxyl groups is 1. The summed E-state index contributed by atoms with van der Waals surface area (Å²) in [5.41, 5.74) is 0. The van der Waals surface area contributed by atoms with Crippen LogP contribution in [-0.2, 0) is 0 Å². The van der Waals surface area contributed by atoms with Crippen LogP contribution in [-0.4, -0.2) is 86.0 Å². The van der Waals surface area contributed by atoms with E-state index >= 15 is 0 Å². The Kier molecular flexibility index (Phi) is 11.4. The quantitative estimate of drug-likeness (QED) is 0.531. The Labute approximate surface area is 120 Å². The topological polar surface area (TPSA) is 20.2 Å². The number of hydrogen-bond acceptors (Lipinski definition) is 1. The summed E-state index contributed by atoms with van der Waals surface area (Å²) in [5, 5.41) is 8.63. The molecule has 0 aliphatic carbocycles. The predicted molar refractivity (Wildman–Crippen MR) is 42.4 cm³/mol. The van der Waals surface area contributed by atoms with Gasteiger partial charge in [0.05, 0.1) is 0 Å². The number of hydrogen-bond donors (Lipinski definition) is 1. The molecule has 9 heavy (non-hydrogen) atoms. The van der Waals surface area contributed by atoms with Gasteiger partial charge < -0.3 is 5.11 Å². The standard InChI is InChI=1S/C6H6O.K.Na.2H/c7-6-4-2-1-3-5-6;;;;/h1-5,7H;;;;. The fourth-order valence-corrected chi connectivity index (χ4v) is 0.428. The zero-order valence-electron chi connectivity index (χ0n) is 3.83. The molecule has 0 spiro atoms. The molecule has 0 fully saturated rings. The summed E-state index contributed by atoms with van der Waals surface area (Å²) in [6, 6.07) is 8.71. The summed E-state index contributed by atoms with van der Waals surface area (Å²) < 4.78 is 0. The molecule has 0 aliphatic rings. The molecule has 0 aromatic heterocycles. The van der Waals surface area contributed by atoms with Crippen molar-refractivity contribution in [2.24, 2.45) is 0 Å². The number of phenolic OH excluding ortho intramolecular Hbond substituents is 1. The number of rotatable bonds is 0. The van der Waals surface area contributed by atoms with E-state index in [9.17, 15) is 0 Å².